The van der Waals surface area contributed by atoms with E-state index in [9.17, 15) is 9.90 Å². The largest absolute Gasteiger partial charge is 0.389 e. The summed E-state index contributed by atoms with van der Waals surface area (Å²) in [6.45, 7) is 0.479. The Morgan fingerprint density at radius 3 is 1.90 bits per heavy atom. The highest BCUT2D eigenvalue weighted by Gasteiger charge is 2.40. The third-order valence-electron chi connectivity index (χ3n) is 5.85. The van der Waals surface area contributed by atoms with Crippen molar-refractivity contribution in [3.63, 3.8) is 0 Å². The summed E-state index contributed by atoms with van der Waals surface area (Å²) in [6, 6.07) is 29.6. The lowest BCUT2D eigenvalue weighted by molar-refractivity contribution is 0.0100. The minimum atomic E-state index is -0.643. The van der Waals surface area contributed by atoms with Crippen molar-refractivity contribution in [3.8, 4) is 0 Å². The van der Waals surface area contributed by atoms with Gasteiger partial charge in [-0.1, -0.05) is 91.0 Å². The average Bonchev–Trinajstić information content (AvgIpc) is 2.79. The molecule has 0 aliphatic carbocycles. The maximum atomic E-state index is 13.1. The minimum Gasteiger partial charge on any atom is -0.389 e. The van der Waals surface area contributed by atoms with E-state index in [1.54, 1.807) is 4.90 Å². The number of amides is 2. The Bertz CT molecular complexity index is 931. The zero-order valence-corrected chi connectivity index (χ0v) is 17.0. The van der Waals surface area contributed by atoms with Gasteiger partial charge in [-0.2, -0.15) is 0 Å². The van der Waals surface area contributed by atoms with Crippen LogP contribution in [0.1, 0.15) is 23.1 Å². The zero-order chi connectivity index (χ0) is 20.8. The van der Waals surface area contributed by atoms with Crippen LogP contribution in [0, 0.1) is 0 Å². The Morgan fingerprint density at radius 1 is 0.767 bits per heavy atom. The number of hydrogen-bond donors (Lipinski definition) is 2. The summed E-state index contributed by atoms with van der Waals surface area (Å²) in [5.41, 5.74) is 3.39. The van der Waals surface area contributed by atoms with Crippen LogP contribution in [0.5, 0.6) is 0 Å². The number of aryl methyl sites for hydroxylation is 1. The van der Waals surface area contributed by atoms with Crippen LogP contribution in [0.25, 0.3) is 0 Å². The van der Waals surface area contributed by atoms with E-state index in [1.807, 2.05) is 66.7 Å². The van der Waals surface area contributed by atoms with Crippen LogP contribution >= 0.6 is 0 Å². The predicted molar refractivity (Wildman–Crippen MR) is 119 cm³/mol. The molecule has 1 saturated heterocycles. The van der Waals surface area contributed by atoms with E-state index in [4.69, 9.17) is 0 Å². The van der Waals surface area contributed by atoms with Crippen LogP contribution in [-0.2, 0) is 19.4 Å². The zero-order valence-electron chi connectivity index (χ0n) is 17.0. The second kappa shape index (κ2) is 9.59. The van der Waals surface area contributed by atoms with Crippen LogP contribution in [-0.4, -0.2) is 34.2 Å². The molecular weight excluding hydrogens is 372 g/mol. The van der Waals surface area contributed by atoms with Gasteiger partial charge in [0, 0.05) is 6.54 Å². The number of carbonyl (C=O) groups is 1. The third-order valence-corrected chi connectivity index (χ3v) is 5.85. The molecule has 0 bridgehead atoms. The fourth-order valence-corrected chi connectivity index (χ4v) is 4.20. The Balaban J connectivity index is 1.53. The summed E-state index contributed by atoms with van der Waals surface area (Å²) in [7, 11) is 0. The van der Waals surface area contributed by atoms with Gasteiger partial charge >= 0.3 is 6.03 Å². The number of aliphatic hydroxyl groups excluding tert-OH is 1. The molecular formula is C26H28N2O2. The van der Waals surface area contributed by atoms with E-state index in [0.29, 0.717) is 19.4 Å². The summed E-state index contributed by atoms with van der Waals surface area (Å²) in [4.78, 5) is 14.9. The number of hydrogen-bond acceptors (Lipinski definition) is 2. The van der Waals surface area contributed by atoms with E-state index in [0.717, 1.165) is 17.5 Å². The first-order chi connectivity index (χ1) is 14.7. The van der Waals surface area contributed by atoms with Crippen molar-refractivity contribution in [1.29, 1.82) is 0 Å². The predicted octanol–water partition coefficient (Wildman–Crippen LogP) is 4.19. The van der Waals surface area contributed by atoms with Gasteiger partial charge in [0.1, 0.15) is 0 Å². The van der Waals surface area contributed by atoms with Crippen LogP contribution in [0.2, 0.25) is 0 Å². The van der Waals surface area contributed by atoms with Gasteiger partial charge in [-0.05, 0) is 36.0 Å². The SMILES string of the molecule is O=C1N[C@H](CCc2ccccc2)[C@@H](O)[C@@H](Cc2ccccc2)N1Cc1ccccc1. The van der Waals surface area contributed by atoms with Crippen molar-refractivity contribution in [2.75, 3.05) is 0 Å². The molecule has 0 unspecified atom stereocenters. The lowest BCUT2D eigenvalue weighted by Gasteiger charge is -2.44. The van der Waals surface area contributed by atoms with Crippen LogP contribution in [0.4, 0.5) is 4.79 Å². The molecule has 0 aromatic heterocycles. The second-order valence-corrected chi connectivity index (χ2v) is 7.94. The van der Waals surface area contributed by atoms with E-state index in [1.165, 1.54) is 5.56 Å². The Morgan fingerprint density at radius 2 is 1.30 bits per heavy atom. The van der Waals surface area contributed by atoms with Crippen LogP contribution in [0.3, 0.4) is 0 Å². The topological polar surface area (TPSA) is 52.6 Å². The molecule has 2 amide bonds. The molecule has 0 saturated carbocycles. The maximum absolute atomic E-state index is 13.1. The number of aliphatic hydroxyl groups is 1. The van der Waals surface area contributed by atoms with E-state index in [2.05, 4.69) is 29.6 Å². The smallest absolute Gasteiger partial charge is 0.318 e. The molecule has 4 heteroatoms. The van der Waals surface area contributed by atoms with Gasteiger partial charge in [-0.15, -0.1) is 0 Å². The van der Waals surface area contributed by atoms with Crippen molar-refractivity contribution < 1.29 is 9.90 Å². The molecule has 30 heavy (non-hydrogen) atoms. The van der Waals surface area contributed by atoms with Crippen molar-refractivity contribution >= 4 is 6.03 Å². The van der Waals surface area contributed by atoms with Crippen LogP contribution < -0.4 is 5.32 Å². The number of carbonyl (C=O) groups excluding carboxylic acids is 1. The molecule has 3 aromatic carbocycles. The number of nitrogens with zero attached hydrogens (tertiary/aromatic N) is 1. The number of nitrogens with one attached hydrogen (secondary N) is 1. The fourth-order valence-electron chi connectivity index (χ4n) is 4.20. The van der Waals surface area contributed by atoms with Gasteiger partial charge in [0.15, 0.2) is 0 Å². The standard InChI is InChI=1S/C26H28N2O2/c29-25-23(17-16-20-10-4-1-5-11-20)27-26(30)28(19-22-14-8-3-9-15-22)24(25)18-21-12-6-2-7-13-21/h1-15,23-25,29H,16-19H2,(H,27,30)/t23-,24-,25-/m1/s1. The fraction of sp³-hybridized carbons (Fsp3) is 0.269. The molecule has 2 N–H and O–H groups in total. The van der Waals surface area contributed by atoms with Gasteiger partial charge in [0.05, 0.1) is 18.2 Å². The van der Waals surface area contributed by atoms with Gasteiger partial charge in [-0.3, -0.25) is 0 Å². The van der Waals surface area contributed by atoms with Crippen molar-refractivity contribution in [2.45, 2.75) is 44.0 Å². The highest BCUT2D eigenvalue weighted by Crippen LogP contribution is 2.24. The Hall–Kier alpha value is -3.11. The molecule has 1 heterocycles. The number of benzene rings is 3. The third kappa shape index (κ3) is 4.89. The summed E-state index contributed by atoms with van der Waals surface area (Å²) in [6.07, 6.45) is 1.51. The maximum Gasteiger partial charge on any atom is 0.318 e. The van der Waals surface area contributed by atoms with Gasteiger partial charge < -0.3 is 15.3 Å². The van der Waals surface area contributed by atoms with Crippen molar-refractivity contribution in [2.24, 2.45) is 0 Å². The Kier molecular flexibility index (Phi) is 6.45. The normalized spacial score (nSPS) is 21.3. The summed E-state index contributed by atoms with van der Waals surface area (Å²) in [5.74, 6) is 0. The second-order valence-electron chi connectivity index (χ2n) is 7.94. The molecule has 1 fully saturated rings. The average molecular weight is 401 g/mol. The molecule has 3 aromatic rings. The van der Waals surface area contributed by atoms with Crippen molar-refractivity contribution in [3.05, 3.63) is 108 Å². The molecule has 1 aliphatic heterocycles. The molecule has 4 rings (SSSR count). The molecule has 0 spiro atoms. The molecule has 3 atom stereocenters. The molecule has 0 radical (unpaired) electrons. The van der Waals surface area contributed by atoms with Gasteiger partial charge in [-0.25, -0.2) is 4.79 Å². The Labute approximate surface area is 178 Å². The van der Waals surface area contributed by atoms with Crippen LogP contribution in [0.15, 0.2) is 91.0 Å². The van der Waals surface area contributed by atoms with Crippen molar-refractivity contribution in [1.82, 2.24) is 10.2 Å². The summed E-state index contributed by atoms with van der Waals surface area (Å²) < 4.78 is 0. The lowest BCUT2D eigenvalue weighted by Crippen LogP contribution is -2.65. The highest BCUT2D eigenvalue weighted by atomic mass is 16.3. The van der Waals surface area contributed by atoms with Gasteiger partial charge in [0.2, 0.25) is 0 Å². The number of rotatable bonds is 7. The quantitative estimate of drug-likeness (QED) is 0.625. The van der Waals surface area contributed by atoms with Gasteiger partial charge in [0.25, 0.3) is 0 Å². The lowest BCUT2D eigenvalue weighted by atomic mass is 9.89. The minimum absolute atomic E-state index is 0.108. The molecule has 4 nitrogen and oxygen atoms in total. The monoisotopic (exact) mass is 400 g/mol. The first kappa shape index (κ1) is 20.2. The number of urea groups is 1. The molecule has 1 aliphatic rings. The summed E-state index contributed by atoms with van der Waals surface area (Å²) >= 11 is 0. The van der Waals surface area contributed by atoms with E-state index in [-0.39, 0.29) is 18.1 Å². The molecule has 154 valence electrons. The first-order valence-corrected chi connectivity index (χ1v) is 10.6. The first-order valence-electron chi connectivity index (χ1n) is 10.6. The highest BCUT2D eigenvalue weighted by molar-refractivity contribution is 5.76. The summed E-state index contributed by atoms with van der Waals surface area (Å²) in [5, 5.41) is 14.3. The van der Waals surface area contributed by atoms with E-state index >= 15 is 0 Å². The van der Waals surface area contributed by atoms with E-state index < -0.39 is 6.10 Å².